The maximum absolute atomic E-state index is 14.4. The van der Waals surface area contributed by atoms with Crippen LogP contribution in [0.3, 0.4) is 0 Å². The van der Waals surface area contributed by atoms with Gasteiger partial charge in [-0.1, -0.05) is 37.3 Å². The normalized spacial score (nSPS) is 31.2. The van der Waals surface area contributed by atoms with Crippen LogP contribution in [-0.4, -0.2) is 81.7 Å². The molecule has 3 amide bonds. The number of rotatable bonds is 10. The third-order valence-corrected chi connectivity index (χ3v) is 8.90. The Morgan fingerprint density at radius 3 is 2.36 bits per heavy atom. The van der Waals surface area contributed by atoms with Gasteiger partial charge in [-0.05, 0) is 58.6 Å². The van der Waals surface area contributed by atoms with Crippen molar-refractivity contribution >= 4 is 23.4 Å². The van der Waals surface area contributed by atoms with E-state index in [-0.39, 0.29) is 43.3 Å². The summed E-state index contributed by atoms with van der Waals surface area (Å²) in [6, 6.07) is 8.46. The number of amides is 3. The highest BCUT2D eigenvalue weighted by atomic mass is 16.5. The highest BCUT2D eigenvalue weighted by Gasteiger charge is 2.80. The molecule has 0 saturated carbocycles. The van der Waals surface area contributed by atoms with Crippen LogP contribution in [-0.2, 0) is 19.1 Å². The van der Waals surface area contributed by atoms with E-state index in [0.717, 1.165) is 5.69 Å². The van der Waals surface area contributed by atoms with Crippen molar-refractivity contribution in [1.29, 1.82) is 0 Å². The van der Waals surface area contributed by atoms with Crippen molar-refractivity contribution in [3.05, 3.63) is 55.6 Å². The summed E-state index contributed by atoms with van der Waals surface area (Å²) in [6.07, 6.45) is 4.18. The molecule has 3 aliphatic heterocycles. The van der Waals surface area contributed by atoms with E-state index < -0.39 is 34.6 Å². The Morgan fingerprint density at radius 1 is 1.15 bits per heavy atom. The summed E-state index contributed by atoms with van der Waals surface area (Å²) >= 11 is 0. The number of ether oxygens (including phenoxy) is 1. The van der Waals surface area contributed by atoms with Crippen LogP contribution in [0, 0.1) is 17.8 Å². The van der Waals surface area contributed by atoms with Crippen LogP contribution in [0.15, 0.2) is 55.6 Å². The lowest BCUT2D eigenvalue weighted by atomic mass is 9.62. The summed E-state index contributed by atoms with van der Waals surface area (Å²) in [4.78, 5) is 48.1. The average Bonchev–Trinajstić information content (AvgIpc) is 3.40. The van der Waals surface area contributed by atoms with Crippen LogP contribution in [0.4, 0.5) is 5.69 Å². The summed E-state index contributed by atoms with van der Waals surface area (Å²) in [5, 5.41) is 9.63. The number of aliphatic hydroxyl groups is 1. The predicted octanol–water partition coefficient (Wildman–Crippen LogP) is 3.41. The molecule has 0 radical (unpaired) electrons. The van der Waals surface area contributed by atoms with E-state index in [9.17, 15) is 19.5 Å². The lowest BCUT2D eigenvalue weighted by Gasteiger charge is -2.42. The Kier molecular flexibility index (Phi) is 7.85. The number of hydrogen-bond donors (Lipinski definition) is 1. The first-order chi connectivity index (χ1) is 18.4. The second kappa shape index (κ2) is 10.5. The quantitative estimate of drug-likeness (QED) is 0.462. The molecule has 1 aromatic carbocycles. The van der Waals surface area contributed by atoms with Gasteiger partial charge >= 0.3 is 0 Å². The van der Waals surface area contributed by atoms with Crippen molar-refractivity contribution in [2.24, 2.45) is 17.8 Å². The molecule has 39 heavy (non-hydrogen) atoms. The summed E-state index contributed by atoms with van der Waals surface area (Å²) < 4.78 is 6.87. The Balaban J connectivity index is 1.84. The summed E-state index contributed by atoms with van der Waals surface area (Å²) in [7, 11) is 0. The van der Waals surface area contributed by atoms with E-state index in [1.807, 2.05) is 65.0 Å². The van der Waals surface area contributed by atoms with Crippen LogP contribution >= 0.6 is 0 Å². The van der Waals surface area contributed by atoms with Crippen molar-refractivity contribution in [2.45, 2.75) is 70.2 Å². The highest BCUT2D eigenvalue weighted by molar-refractivity contribution is 6.03. The van der Waals surface area contributed by atoms with E-state index >= 15 is 0 Å². The summed E-state index contributed by atoms with van der Waals surface area (Å²) in [5.41, 5.74) is -1.87. The van der Waals surface area contributed by atoms with E-state index in [1.165, 1.54) is 0 Å². The van der Waals surface area contributed by atoms with E-state index in [4.69, 9.17) is 4.74 Å². The fourth-order valence-electron chi connectivity index (χ4n) is 7.07. The molecular formula is C31H43N3O5. The fourth-order valence-corrected chi connectivity index (χ4v) is 7.07. The number of aliphatic hydroxyl groups excluding tert-OH is 1. The Bertz CT molecular complexity index is 1130. The number of carbonyl (C=O) groups is 3. The molecule has 1 aromatic rings. The standard InChI is InChI=1S/C31H43N3O5/c1-8-16-32(22-14-11-10-12-15-22)26(36)23-24-27(37)33(18-13-19-35)25(28(38)34(17-9-2)29(4,5)6)31(24)20-21(3)30(23,7)39-31/h8-12,14-15,21,23-25,35H,1-2,13,16-20H2,3-7H3/t21?,23-,24-,25?,30+,31?/m0/s1. The van der Waals surface area contributed by atoms with Gasteiger partial charge in [0, 0.05) is 37.5 Å². The molecule has 8 nitrogen and oxygen atoms in total. The molecule has 3 unspecified atom stereocenters. The third-order valence-electron chi connectivity index (χ3n) is 8.90. The van der Waals surface area contributed by atoms with Gasteiger partial charge in [0.1, 0.15) is 11.6 Å². The van der Waals surface area contributed by atoms with Crippen LogP contribution < -0.4 is 4.90 Å². The monoisotopic (exact) mass is 537 g/mol. The topological polar surface area (TPSA) is 90.4 Å². The third kappa shape index (κ3) is 4.51. The van der Waals surface area contributed by atoms with Crippen molar-refractivity contribution < 1.29 is 24.2 Å². The first-order valence-corrected chi connectivity index (χ1v) is 13.9. The molecule has 3 saturated heterocycles. The first-order valence-electron chi connectivity index (χ1n) is 13.9. The van der Waals surface area contributed by atoms with Crippen molar-refractivity contribution in [3.63, 3.8) is 0 Å². The Hall–Kier alpha value is -2.97. The van der Waals surface area contributed by atoms with E-state index in [0.29, 0.717) is 19.4 Å². The van der Waals surface area contributed by atoms with E-state index in [2.05, 4.69) is 13.2 Å². The van der Waals surface area contributed by atoms with Gasteiger partial charge < -0.3 is 24.5 Å². The molecule has 2 bridgehead atoms. The van der Waals surface area contributed by atoms with Gasteiger partial charge in [0.25, 0.3) is 0 Å². The zero-order valence-corrected chi connectivity index (χ0v) is 23.9. The minimum atomic E-state index is -1.14. The van der Waals surface area contributed by atoms with Gasteiger partial charge in [-0.15, -0.1) is 13.2 Å². The molecule has 1 spiro atoms. The number of benzene rings is 1. The number of fused-ring (bicyclic) bond motifs is 1. The fraction of sp³-hybridized carbons (Fsp3) is 0.581. The summed E-state index contributed by atoms with van der Waals surface area (Å²) in [5.74, 6) is -2.32. The smallest absolute Gasteiger partial charge is 0.249 e. The zero-order valence-electron chi connectivity index (χ0n) is 23.9. The predicted molar refractivity (Wildman–Crippen MR) is 151 cm³/mol. The Morgan fingerprint density at radius 2 is 1.79 bits per heavy atom. The second-order valence-electron chi connectivity index (χ2n) is 12.3. The zero-order chi connectivity index (χ0) is 28.8. The van der Waals surface area contributed by atoms with Crippen molar-refractivity contribution in [3.8, 4) is 0 Å². The molecule has 3 fully saturated rings. The Labute approximate surface area is 232 Å². The lowest BCUT2D eigenvalue weighted by molar-refractivity contribution is -0.155. The number of likely N-dealkylation sites (tertiary alicyclic amines) is 1. The molecule has 0 aromatic heterocycles. The minimum Gasteiger partial charge on any atom is -0.396 e. The molecule has 0 aliphatic carbocycles. The maximum atomic E-state index is 14.4. The number of hydrogen-bond acceptors (Lipinski definition) is 5. The summed E-state index contributed by atoms with van der Waals surface area (Å²) in [6.45, 7) is 18.2. The van der Waals surface area contributed by atoms with E-state index in [1.54, 1.807) is 26.9 Å². The molecule has 3 aliphatic rings. The lowest BCUT2D eigenvalue weighted by Crippen LogP contribution is -2.60. The molecule has 4 rings (SSSR count). The second-order valence-corrected chi connectivity index (χ2v) is 12.3. The minimum absolute atomic E-state index is 0.0626. The van der Waals surface area contributed by atoms with Crippen LogP contribution in [0.2, 0.25) is 0 Å². The number of para-hydroxylation sites is 1. The van der Waals surface area contributed by atoms with Crippen LogP contribution in [0.5, 0.6) is 0 Å². The van der Waals surface area contributed by atoms with Gasteiger partial charge in [-0.2, -0.15) is 0 Å². The molecule has 8 heteroatoms. The molecule has 3 heterocycles. The van der Waals surface area contributed by atoms with Gasteiger partial charge in [0.15, 0.2) is 0 Å². The van der Waals surface area contributed by atoms with Gasteiger partial charge in [-0.3, -0.25) is 14.4 Å². The molecule has 212 valence electrons. The largest absolute Gasteiger partial charge is 0.396 e. The number of anilines is 1. The highest BCUT2D eigenvalue weighted by Crippen LogP contribution is 2.65. The van der Waals surface area contributed by atoms with Crippen molar-refractivity contribution in [2.75, 3.05) is 31.1 Å². The van der Waals surface area contributed by atoms with Gasteiger partial charge in [0.2, 0.25) is 17.7 Å². The maximum Gasteiger partial charge on any atom is 0.249 e. The van der Waals surface area contributed by atoms with Crippen LogP contribution in [0.25, 0.3) is 0 Å². The van der Waals surface area contributed by atoms with Crippen LogP contribution in [0.1, 0.15) is 47.5 Å². The number of carbonyl (C=O) groups excluding carboxylic acids is 3. The average molecular weight is 538 g/mol. The molecule has 6 atom stereocenters. The van der Waals surface area contributed by atoms with Crippen molar-refractivity contribution in [1.82, 2.24) is 9.80 Å². The van der Waals surface area contributed by atoms with Gasteiger partial charge in [-0.25, -0.2) is 0 Å². The molecular weight excluding hydrogens is 494 g/mol. The number of nitrogens with zero attached hydrogens (tertiary/aromatic N) is 3. The van der Waals surface area contributed by atoms with Gasteiger partial charge in [0.05, 0.1) is 17.4 Å². The molecule has 1 N–H and O–H groups in total. The first kappa shape index (κ1) is 29.0. The SMILES string of the molecule is C=CCN(C(=O)[C@@H]1[C@H]2C(=O)N(CCCO)C(C(=O)N(CC=C)C(C)(C)C)C23CC(C)[C@@]1(C)O3)c1ccccc1.